The van der Waals surface area contributed by atoms with Crippen molar-refractivity contribution in [3.8, 4) is 5.75 Å². The summed E-state index contributed by atoms with van der Waals surface area (Å²) < 4.78 is 5.15. The molecule has 1 nitrogen and oxygen atoms in total. The highest BCUT2D eigenvalue weighted by atomic mass is 32.1. The summed E-state index contributed by atoms with van der Waals surface area (Å²) in [4.78, 5) is 0. The number of aryl methyl sites for hydroxylation is 1. The van der Waals surface area contributed by atoms with E-state index in [1.54, 1.807) is 7.11 Å². The lowest BCUT2D eigenvalue weighted by Crippen LogP contribution is -1.94. The van der Waals surface area contributed by atoms with Crippen LogP contribution in [-0.2, 0) is 6.42 Å². The van der Waals surface area contributed by atoms with Crippen molar-refractivity contribution in [1.82, 2.24) is 0 Å². The molecule has 2 rings (SSSR count). The van der Waals surface area contributed by atoms with Crippen LogP contribution < -0.4 is 4.74 Å². The summed E-state index contributed by atoms with van der Waals surface area (Å²) in [5.41, 5.74) is 2.61. The Morgan fingerprint density at radius 3 is 2.28 bits per heavy atom. The van der Waals surface area contributed by atoms with Crippen molar-refractivity contribution in [2.45, 2.75) is 18.1 Å². The second-order valence-electron chi connectivity index (χ2n) is 4.31. The molecule has 0 fully saturated rings. The fraction of sp³-hybridized carbons (Fsp3) is 0.250. The van der Waals surface area contributed by atoms with Gasteiger partial charge in [-0.3, -0.25) is 0 Å². The van der Waals surface area contributed by atoms with Crippen LogP contribution in [0.4, 0.5) is 0 Å². The highest BCUT2D eigenvalue weighted by molar-refractivity contribution is 7.80. The molecule has 0 radical (unpaired) electrons. The summed E-state index contributed by atoms with van der Waals surface area (Å²) in [5, 5.41) is 0.274. The Kier molecular flexibility index (Phi) is 4.71. The first-order valence-electron chi connectivity index (χ1n) is 6.15. The quantitative estimate of drug-likeness (QED) is 0.787. The topological polar surface area (TPSA) is 9.23 Å². The van der Waals surface area contributed by atoms with Gasteiger partial charge in [-0.2, -0.15) is 12.6 Å². The zero-order valence-electron chi connectivity index (χ0n) is 10.5. The molecule has 94 valence electrons. The molecule has 0 aliphatic heterocycles. The van der Waals surface area contributed by atoms with E-state index in [9.17, 15) is 0 Å². The molecule has 0 saturated carbocycles. The molecule has 0 aliphatic rings. The summed E-state index contributed by atoms with van der Waals surface area (Å²) in [6, 6.07) is 18.7. The van der Waals surface area contributed by atoms with E-state index in [-0.39, 0.29) is 5.25 Å². The third kappa shape index (κ3) is 3.54. The number of benzene rings is 2. The van der Waals surface area contributed by atoms with E-state index in [1.165, 1.54) is 11.1 Å². The predicted octanol–water partition coefficient (Wildman–Crippen LogP) is 4.30. The Morgan fingerprint density at radius 1 is 1.00 bits per heavy atom. The van der Waals surface area contributed by atoms with Crippen molar-refractivity contribution < 1.29 is 4.74 Å². The van der Waals surface area contributed by atoms with Crippen LogP contribution in [0.25, 0.3) is 0 Å². The Hall–Kier alpha value is -1.41. The van der Waals surface area contributed by atoms with Gasteiger partial charge in [0.2, 0.25) is 0 Å². The molecular formula is C16H18OS. The maximum absolute atomic E-state index is 5.15. The molecule has 0 saturated heterocycles. The van der Waals surface area contributed by atoms with Crippen LogP contribution in [0.15, 0.2) is 54.6 Å². The molecule has 0 bridgehead atoms. The molecule has 0 spiro atoms. The molecule has 0 aromatic heterocycles. The summed E-state index contributed by atoms with van der Waals surface area (Å²) in [7, 11) is 1.68. The Morgan fingerprint density at radius 2 is 1.67 bits per heavy atom. The lowest BCUT2D eigenvalue weighted by molar-refractivity contribution is 0.414. The van der Waals surface area contributed by atoms with Crippen LogP contribution >= 0.6 is 12.6 Å². The lowest BCUT2D eigenvalue weighted by Gasteiger charge is -2.11. The van der Waals surface area contributed by atoms with Crippen molar-refractivity contribution in [3.05, 3.63) is 65.7 Å². The molecule has 2 aromatic carbocycles. The number of hydrogen-bond acceptors (Lipinski definition) is 2. The van der Waals surface area contributed by atoms with Crippen molar-refractivity contribution in [2.75, 3.05) is 7.11 Å². The monoisotopic (exact) mass is 258 g/mol. The largest absolute Gasteiger partial charge is 0.497 e. The van der Waals surface area contributed by atoms with Gasteiger partial charge in [0, 0.05) is 5.25 Å². The van der Waals surface area contributed by atoms with Gasteiger partial charge in [0.05, 0.1) is 7.11 Å². The van der Waals surface area contributed by atoms with E-state index < -0.39 is 0 Å². The first-order valence-corrected chi connectivity index (χ1v) is 6.67. The van der Waals surface area contributed by atoms with E-state index in [0.717, 1.165) is 18.6 Å². The van der Waals surface area contributed by atoms with Gasteiger partial charge in [0.15, 0.2) is 0 Å². The summed E-state index contributed by atoms with van der Waals surface area (Å²) in [5.74, 6) is 0.891. The molecule has 0 heterocycles. The molecule has 0 N–H and O–H groups in total. The molecule has 1 unspecified atom stereocenters. The van der Waals surface area contributed by atoms with Gasteiger partial charge >= 0.3 is 0 Å². The number of thiol groups is 1. The Labute approximate surface area is 114 Å². The van der Waals surface area contributed by atoms with Gasteiger partial charge in [-0.05, 0) is 36.1 Å². The van der Waals surface area contributed by atoms with Gasteiger partial charge in [-0.15, -0.1) is 0 Å². The highest BCUT2D eigenvalue weighted by Gasteiger charge is 2.06. The lowest BCUT2D eigenvalue weighted by atomic mass is 10.0. The minimum absolute atomic E-state index is 0.274. The molecule has 18 heavy (non-hydrogen) atoms. The average molecular weight is 258 g/mol. The van der Waals surface area contributed by atoms with E-state index in [4.69, 9.17) is 4.74 Å². The minimum atomic E-state index is 0.274. The molecule has 1 atom stereocenters. The standard InChI is InChI=1S/C16H18OS/c1-17-15-10-8-14(9-11-15)16(18)12-7-13-5-3-2-4-6-13/h2-6,8-11,16,18H,7,12H2,1H3. The Bertz CT molecular complexity index is 464. The maximum Gasteiger partial charge on any atom is 0.118 e. The SMILES string of the molecule is COc1ccc(C(S)CCc2ccccc2)cc1. The van der Waals surface area contributed by atoms with Crippen LogP contribution in [0.3, 0.4) is 0 Å². The summed E-state index contributed by atoms with van der Waals surface area (Å²) in [6.45, 7) is 0. The number of hydrogen-bond donors (Lipinski definition) is 1. The van der Waals surface area contributed by atoms with Gasteiger partial charge in [-0.25, -0.2) is 0 Å². The predicted molar refractivity (Wildman–Crippen MR) is 79.5 cm³/mol. The second kappa shape index (κ2) is 6.50. The minimum Gasteiger partial charge on any atom is -0.497 e. The fourth-order valence-electron chi connectivity index (χ4n) is 1.94. The van der Waals surface area contributed by atoms with E-state index in [2.05, 4.69) is 49.0 Å². The van der Waals surface area contributed by atoms with Gasteiger partial charge in [0.25, 0.3) is 0 Å². The number of rotatable bonds is 5. The first kappa shape index (κ1) is 13.0. The number of methoxy groups -OCH3 is 1. The summed E-state index contributed by atoms with van der Waals surface area (Å²) in [6.07, 6.45) is 2.10. The third-order valence-corrected chi connectivity index (χ3v) is 3.61. The van der Waals surface area contributed by atoms with Crippen LogP contribution in [0.2, 0.25) is 0 Å². The van der Waals surface area contributed by atoms with Crippen molar-refractivity contribution in [1.29, 1.82) is 0 Å². The maximum atomic E-state index is 5.15. The van der Waals surface area contributed by atoms with Crippen molar-refractivity contribution >= 4 is 12.6 Å². The first-order chi connectivity index (χ1) is 8.79. The molecular weight excluding hydrogens is 240 g/mol. The van der Waals surface area contributed by atoms with Crippen LogP contribution in [0.5, 0.6) is 5.75 Å². The normalized spacial score (nSPS) is 12.1. The van der Waals surface area contributed by atoms with Crippen LogP contribution in [0.1, 0.15) is 22.8 Å². The fourth-order valence-corrected chi connectivity index (χ4v) is 2.24. The highest BCUT2D eigenvalue weighted by Crippen LogP contribution is 2.26. The third-order valence-electron chi connectivity index (χ3n) is 3.05. The molecule has 2 aromatic rings. The van der Waals surface area contributed by atoms with Crippen LogP contribution in [-0.4, -0.2) is 7.11 Å². The molecule has 0 amide bonds. The van der Waals surface area contributed by atoms with Gasteiger partial charge in [-0.1, -0.05) is 42.5 Å². The Balaban J connectivity index is 1.93. The van der Waals surface area contributed by atoms with Crippen molar-refractivity contribution in [2.24, 2.45) is 0 Å². The zero-order valence-corrected chi connectivity index (χ0v) is 11.4. The van der Waals surface area contributed by atoms with Gasteiger partial charge in [0.1, 0.15) is 5.75 Å². The van der Waals surface area contributed by atoms with Gasteiger partial charge < -0.3 is 4.74 Å². The van der Waals surface area contributed by atoms with E-state index in [0.29, 0.717) is 0 Å². The van der Waals surface area contributed by atoms with E-state index >= 15 is 0 Å². The molecule has 0 aliphatic carbocycles. The van der Waals surface area contributed by atoms with Crippen molar-refractivity contribution in [3.63, 3.8) is 0 Å². The number of ether oxygens (including phenoxy) is 1. The summed E-state index contributed by atoms with van der Waals surface area (Å²) >= 11 is 4.67. The average Bonchev–Trinajstić information content (AvgIpc) is 2.46. The second-order valence-corrected chi connectivity index (χ2v) is 4.94. The van der Waals surface area contributed by atoms with E-state index in [1.807, 2.05) is 18.2 Å². The smallest absolute Gasteiger partial charge is 0.118 e. The molecule has 2 heteroatoms. The zero-order chi connectivity index (χ0) is 12.8. The van der Waals surface area contributed by atoms with Crippen LogP contribution in [0, 0.1) is 0 Å².